The minimum Gasteiger partial charge on any atom is -0.403 e. The van der Waals surface area contributed by atoms with E-state index in [-0.39, 0.29) is 11.8 Å². The zero-order valence-electron chi connectivity index (χ0n) is 17.1. The van der Waals surface area contributed by atoms with E-state index in [0.717, 1.165) is 18.4 Å². The monoisotopic (exact) mass is 418 g/mol. The molecule has 28 heavy (non-hydrogen) atoms. The summed E-state index contributed by atoms with van der Waals surface area (Å²) in [7, 11) is -0.856. The lowest BCUT2D eigenvalue weighted by Crippen LogP contribution is -2.41. The molecule has 0 N–H and O–H groups in total. The zero-order chi connectivity index (χ0) is 20.8. The van der Waals surface area contributed by atoms with Crippen molar-refractivity contribution in [2.75, 3.05) is 6.61 Å². The van der Waals surface area contributed by atoms with E-state index in [1.54, 1.807) is 0 Å². The molecule has 1 heterocycles. The minimum atomic E-state index is -4.31. The molecule has 3 nitrogen and oxygen atoms in total. The van der Waals surface area contributed by atoms with Gasteiger partial charge in [0.1, 0.15) is 0 Å². The topological polar surface area (TPSA) is 27.7 Å². The second kappa shape index (κ2) is 9.87. The molecule has 1 saturated heterocycles. The lowest BCUT2D eigenvalue weighted by molar-refractivity contribution is -0.0332. The Kier molecular flexibility index (Phi) is 8.32. The Labute approximate surface area is 170 Å². The van der Waals surface area contributed by atoms with Crippen molar-refractivity contribution in [1.29, 1.82) is 0 Å². The van der Waals surface area contributed by atoms with Gasteiger partial charge in [-0.05, 0) is 46.1 Å². The van der Waals surface area contributed by atoms with Crippen LogP contribution < -0.4 is 0 Å². The summed E-state index contributed by atoms with van der Waals surface area (Å²) in [6, 6.07) is 9.89. The van der Waals surface area contributed by atoms with E-state index in [1.165, 1.54) is 0 Å². The first-order valence-electron chi connectivity index (χ1n) is 9.72. The Balaban J connectivity index is 1.74. The fourth-order valence-corrected chi connectivity index (χ4v) is 3.80. The molecule has 0 aromatic heterocycles. The van der Waals surface area contributed by atoms with Crippen molar-refractivity contribution in [1.82, 2.24) is 0 Å². The number of unbranched alkanes of at least 4 members (excludes halogenated alkanes) is 2. The fraction of sp³-hybridized carbons (Fsp3) is 0.700. The molecule has 1 atom stereocenters. The quantitative estimate of drug-likeness (QED) is 0.343. The number of hydrogen-bond acceptors (Lipinski definition) is 4. The standard InChI is InChI=1S/C20H30BF3O3S/c1-18(2)19(3,4)27-21(26-18)17(28-20(22,23)24)13-9-6-10-14-25-15-16-11-7-5-8-12-16/h5,7-8,11-12,17H,6,9-10,13-15H2,1-4H3. The zero-order valence-corrected chi connectivity index (χ0v) is 17.9. The van der Waals surface area contributed by atoms with Gasteiger partial charge in [0.25, 0.3) is 0 Å². The molecule has 1 fully saturated rings. The van der Waals surface area contributed by atoms with Crippen molar-refractivity contribution in [2.45, 2.75) is 81.8 Å². The molecule has 1 aliphatic rings. The Bertz CT molecular complexity index is 580. The van der Waals surface area contributed by atoms with Crippen LogP contribution in [-0.4, -0.2) is 35.6 Å². The van der Waals surface area contributed by atoms with Gasteiger partial charge in [-0.15, -0.1) is 0 Å². The summed E-state index contributed by atoms with van der Waals surface area (Å²) in [6.45, 7) is 8.57. The Hall–Kier alpha value is -0.695. The van der Waals surface area contributed by atoms with Gasteiger partial charge < -0.3 is 14.0 Å². The minimum absolute atomic E-state index is 0.0151. The number of thioether (sulfide) groups is 1. The Morgan fingerprint density at radius 2 is 1.61 bits per heavy atom. The van der Waals surface area contributed by atoms with Gasteiger partial charge in [-0.25, -0.2) is 0 Å². The molecule has 0 saturated carbocycles. The molecule has 158 valence electrons. The molecule has 0 aliphatic carbocycles. The lowest BCUT2D eigenvalue weighted by Gasteiger charge is -2.32. The number of rotatable bonds is 10. The van der Waals surface area contributed by atoms with Crippen LogP contribution in [0.15, 0.2) is 30.3 Å². The van der Waals surface area contributed by atoms with Crippen molar-refractivity contribution in [3.05, 3.63) is 35.9 Å². The second-order valence-corrected chi connectivity index (χ2v) is 9.42. The molecular weight excluding hydrogens is 388 g/mol. The molecule has 8 heteroatoms. The van der Waals surface area contributed by atoms with Gasteiger partial charge in [-0.3, -0.25) is 0 Å². The summed E-state index contributed by atoms with van der Waals surface area (Å²) in [4.78, 5) is 0. The molecule has 1 aromatic rings. The summed E-state index contributed by atoms with van der Waals surface area (Å²) in [5.74, 6) is 0. The molecule has 0 spiro atoms. The fourth-order valence-electron chi connectivity index (χ4n) is 2.95. The molecule has 1 aromatic carbocycles. The van der Waals surface area contributed by atoms with Gasteiger partial charge in [0, 0.05) is 11.8 Å². The van der Waals surface area contributed by atoms with Crippen molar-refractivity contribution < 1.29 is 27.2 Å². The van der Waals surface area contributed by atoms with E-state index in [1.807, 2.05) is 58.0 Å². The number of halogens is 3. The van der Waals surface area contributed by atoms with Crippen LogP contribution in [0.3, 0.4) is 0 Å². The molecule has 2 rings (SSSR count). The van der Waals surface area contributed by atoms with Crippen molar-refractivity contribution >= 4 is 18.9 Å². The summed E-state index contributed by atoms with van der Waals surface area (Å²) >= 11 is -0.0151. The number of alkyl halides is 3. The molecule has 0 radical (unpaired) electrons. The van der Waals surface area contributed by atoms with Gasteiger partial charge in [-0.1, -0.05) is 54.9 Å². The van der Waals surface area contributed by atoms with Crippen LogP contribution in [0.25, 0.3) is 0 Å². The van der Waals surface area contributed by atoms with Crippen molar-refractivity contribution in [3.63, 3.8) is 0 Å². The maximum absolute atomic E-state index is 13.0. The third-order valence-corrected chi connectivity index (χ3v) is 6.28. The predicted octanol–water partition coefficient (Wildman–Crippen LogP) is 6.02. The van der Waals surface area contributed by atoms with Crippen LogP contribution in [0, 0.1) is 0 Å². The summed E-state index contributed by atoms with van der Waals surface area (Å²) in [6.07, 6.45) is 2.69. The summed E-state index contributed by atoms with van der Waals surface area (Å²) in [5.41, 5.74) is -4.46. The molecule has 1 unspecified atom stereocenters. The lowest BCUT2D eigenvalue weighted by atomic mass is 9.81. The second-order valence-electron chi connectivity index (χ2n) is 8.11. The van der Waals surface area contributed by atoms with Gasteiger partial charge in [0.15, 0.2) is 0 Å². The molecule has 0 amide bonds. The predicted molar refractivity (Wildman–Crippen MR) is 108 cm³/mol. The van der Waals surface area contributed by atoms with Crippen LogP contribution in [0.5, 0.6) is 0 Å². The normalized spacial score (nSPS) is 19.8. The first-order valence-corrected chi connectivity index (χ1v) is 10.6. The summed E-state index contributed by atoms with van der Waals surface area (Å²) in [5, 5.41) is -0.772. The smallest absolute Gasteiger partial charge is 0.403 e. The van der Waals surface area contributed by atoms with Crippen molar-refractivity contribution in [2.24, 2.45) is 0 Å². The van der Waals surface area contributed by atoms with E-state index >= 15 is 0 Å². The molecular formula is C20H30BF3O3S. The average molecular weight is 418 g/mol. The SMILES string of the molecule is CC1(C)OB(C(CCCCCOCc2ccccc2)SC(F)(F)F)OC1(C)C. The molecule has 0 bridgehead atoms. The van der Waals surface area contributed by atoms with Crippen molar-refractivity contribution in [3.8, 4) is 0 Å². The average Bonchev–Trinajstić information content (AvgIpc) is 2.80. The van der Waals surface area contributed by atoms with Crippen LogP contribution in [-0.2, 0) is 20.7 Å². The van der Waals surface area contributed by atoms with Crippen LogP contribution >= 0.6 is 11.8 Å². The van der Waals surface area contributed by atoms with Crippen LogP contribution in [0.4, 0.5) is 13.2 Å². The number of benzene rings is 1. The Morgan fingerprint density at radius 1 is 1.00 bits per heavy atom. The van der Waals surface area contributed by atoms with Gasteiger partial charge in [0.05, 0.1) is 17.8 Å². The third kappa shape index (κ3) is 7.28. The highest BCUT2D eigenvalue weighted by molar-refractivity contribution is 8.02. The van der Waals surface area contributed by atoms with Gasteiger partial charge in [-0.2, -0.15) is 13.2 Å². The number of ether oxygens (including phenoxy) is 1. The van der Waals surface area contributed by atoms with E-state index in [2.05, 4.69) is 0 Å². The summed E-state index contributed by atoms with van der Waals surface area (Å²) < 4.78 is 56.4. The number of hydrogen-bond donors (Lipinski definition) is 0. The molecule has 1 aliphatic heterocycles. The first kappa shape index (κ1) is 23.6. The van der Waals surface area contributed by atoms with Crippen LogP contribution in [0.1, 0.15) is 58.9 Å². The highest BCUT2D eigenvalue weighted by Gasteiger charge is 2.55. The van der Waals surface area contributed by atoms with Gasteiger partial charge >= 0.3 is 12.6 Å². The largest absolute Gasteiger partial charge is 0.472 e. The Morgan fingerprint density at radius 3 is 2.18 bits per heavy atom. The highest BCUT2D eigenvalue weighted by atomic mass is 32.2. The third-order valence-electron chi connectivity index (χ3n) is 5.25. The maximum atomic E-state index is 13.0. The highest BCUT2D eigenvalue weighted by Crippen LogP contribution is 2.44. The van der Waals surface area contributed by atoms with E-state index in [4.69, 9.17) is 14.0 Å². The van der Waals surface area contributed by atoms with E-state index < -0.39 is 29.0 Å². The van der Waals surface area contributed by atoms with E-state index in [9.17, 15) is 13.2 Å². The van der Waals surface area contributed by atoms with Crippen LogP contribution in [0.2, 0.25) is 0 Å². The first-order chi connectivity index (χ1) is 13.0. The van der Waals surface area contributed by atoms with E-state index in [0.29, 0.717) is 26.1 Å². The van der Waals surface area contributed by atoms with Gasteiger partial charge in [0.2, 0.25) is 0 Å². The maximum Gasteiger partial charge on any atom is 0.472 e.